The molecule has 1 aromatic carbocycles. The van der Waals surface area contributed by atoms with E-state index in [-0.39, 0.29) is 29.5 Å². The maximum atomic E-state index is 13.7. The molecule has 0 aromatic heterocycles. The van der Waals surface area contributed by atoms with Crippen molar-refractivity contribution in [2.45, 2.75) is 31.4 Å². The van der Waals surface area contributed by atoms with Crippen LogP contribution in [-0.4, -0.2) is 88.8 Å². The molecule has 3 aliphatic carbocycles. The van der Waals surface area contributed by atoms with Crippen molar-refractivity contribution in [2.75, 3.05) is 33.1 Å². The van der Waals surface area contributed by atoms with Crippen LogP contribution < -0.4 is 4.90 Å². The highest BCUT2D eigenvalue weighted by molar-refractivity contribution is 6.25. The predicted octanol–water partition coefficient (Wildman–Crippen LogP) is 1.10. The van der Waals surface area contributed by atoms with E-state index in [9.17, 15) is 39.6 Å². The number of ketones is 3. The van der Waals surface area contributed by atoms with E-state index in [1.807, 2.05) is 0 Å². The molecule has 1 aromatic rings. The van der Waals surface area contributed by atoms with Gasteiger partial charge >= 0.3 is 0 Å². The van der Waals surface area contributed by atoms with Crippen molar-refractivity contribution in [3.8, 4) is 5.75 Å². The van der Waals surface area contributed by atoms with Gasteiger partial charge in [-0.25, -0.2) is 0 Å². The van der Waals surface area contributed by atoms with Crippen molar-refractivity contribution in [1.29, 1.82) is 0 Å². The van der Waals surface area contributed by atoms with Gasteiger partial charge < -0.3 is 25.3 Å². The molecule has 0 fully saturated rings. The summed E-state index contributed by atoms with van der Waals surface area (Å²) in [5, 5.41) is 44.5. The lowest BCUT2D eigenvalue weighted by molar-refractivity contribution is -0.148. The lowest BCUT2D eigenvalue weighted by Gasteiger charge is -2.50. The van der Waals surface area contributed by atoms with Crippen molar-refractivity contribution < 1.29 is 39.6 Å². The van der Waals surface area contributed by atoms with Crippen LogP contribution in [0, 0.1) is 11.8 Å². The first-order valence-corrected chi connectivity index (χ1v) is 11.2. The number of Topliss-reactive ketones (excluding diaryl/α,β-unsaturated/α-hetero) is 3. The number of rotatable bonds is 4. The maximum absolute atomic E-state index is 13.7. The molecule has 4 N–H and O–H groups in total. The molecule has 10 nitrogen and oxygen atoms in total. The number of phenolic OH excluding ortho intramolecular Hbond substituents is 1. The van der Waals surface area contributed by atoms with Gasteiger partial charge in [0, 0.05) is 31.3 Å². The van der Waals surface area contributed by atoms with Gasteiger partial charge in [-0.05, 0) is 51.4 Å². The summed E-state index contributed by atoms with van der Waals surface area (Å²) < 4.78 is 0. The summed E-state index contributed by atoms with van der Waals surface area (Å²) in [7, 11) is 6.66. The highest BCUT2D eigenvalue weighted by Gasteiger charge is 2.63. The summed E-state index contributed by atoms with van der Waals surface area (Å²) in [6, 6.07) is 0.499. The molecule has 0 radical (unpaired) electrons. The SMILES string of the molecule is CC(=O)C1=C(O)C(N(C)C)[C@@H]2C[C@@H]3Cc4c(N(C)C)cc(C=O)c(O)c4C(=O)C3=C(O)[C@]2(O)C1=O. The minimum absolute atomic E-state index is 0.0357. The third kappa shape index (κ3) is 3.16. The summed E-state index contributed by atoms with van der Waals surface area (Å²) in [6.07, 6.45) is 0.624. The fourth-order valence-corrected chi connectivity index (χ4v) is 5.91. The van der Waals surface area contributed by atoms with Gasteiger partial charge in [0.2, 0.25) is 5.78 Å². The number of aromatic hydroxyl groups is 1. The average Bonchev–Trinajstić information content (AvgIpc) is 2.75. The highest BCUT2D eigenvalue weighted by Crippen LogP contribution is 2.53. The van der Waals surface area contributed by atoms with Crippen molar-refractivity contribution in [1.82, 2.24) is 4.90 Å². The summed E-state index contributed by atoms with van der Waals surface area (Å²) in [5.41, 5.74) is -2.76. The number of likely N-dealkylation sites (N-methyl/N-ethyl adjacent to an activating group) is 1. The Labute approximate surface area is 201 Å². The first-order valence-electron chi connectivity index (χ1n) is 11.2. The summed E-state index contributed by atoms with van der Waals surface area (Å²) in [5.74, 6) is -6.38. The minimum atomic E-state index is -2.62. The van der Waals surface area contributed by atoms with E-state index in [1.54, 1.807) is 38.0 Å². The smallest absolute Gasteiger partial charge is 0.209 e. The van der Waals surface area contributed by atoms with Crippen molar-refractivity contribution >= 4 is 29.3 Å². The number of allylic oxidation sites excluding steroid dienone is 1. The van der Waals surface area contributed by atoms with Gasteiger partial charge in [-0.15, -0.1) is 0 Å². The monoisotopic (exact) mass is 484 g/mol. The van der Waals surface area contributed by atoms with Crippen LogP contribution in [0.2, 0.25) is 0 Å². The highest BCUT2D eigenvalue weighted by atomic mass is 16.3. The lowest BCUT2D eigenvalue weighted by Crippen LogP contribution is -2.63. The van der Waals surface area contributed by atoms with Gasteiger partial charge in [-0.1, -0.05) is 0 Å². The van der Waals surface area contributed by atoms with E-state index in [1.165, 1.54) is 6.07 Å². The molecule has 4 rings (SSSR count). The average molecular weight is 485 g/mol. The molecular formula is C25H28N2O8. The molecule has 0 bridgehead atoms. The van der Waals surface area contributed by atoms with Gasteiger partial charge in [0.25, 0.3) is 0 Å². The molecule has 1 unspecified atom stereocenters. The molecule has 0 saturated carbocycles. The molecule has 0 aliphatic heterocycles. The second-order valence-electron chi connectivity index (χ2n) is 9.85. The Bertz CT molecular complexity index is 1260. The number of aliphatic hydroxyl groups excluding tert-OH is 2. The molecule has 35 heavy (non-hydrogen) atoms. The topological polar surface area (TPSA) is 156 Å². The number of hydrogen-bond donors (Lipinski definition) is 4. The van der Waals surface area contributed by atoms with Crippen LogP contribution in [0.4, 0.5) is 5.69 Å². The molecule has 0 heterocycles. The number of phenols is 1. The third-order valence-electron chi connectivity index (χ3n) is 7.44. The Kier molecular flexibility index (Phi) is 5.65. The molecular weight excluding hydrogens is 456 g/mol. The zero-order chi connectivity index (χ0) is 26.1. The Balaban J connectivity index is 2.01. The summed E-state index contributed by atoms with van der Waals surface area (Å²) >= 11 is 0. The number of hydrogen-bond acceptors (Lipinski definition) is 10. The standard InChI is InChI=1S/C25H28N2O8/c1-10(29)16-22(32)19(27(4)5)14-7-11-6-13-15(26(2)3)8-12(9-28)20(30)18(13)21(31)17(11)24(34)25(14,35)23(16)33/h8-9,11,14,19,30,32,34-35H,6-7H2,1-5H3/t11-,14-,19?,25+/m0/s1. The second-order valence-corrected chi connectivity index (χ2v) is 9.85. The van der Waals surface area contributed by atoms with Gasteiger partial charge in [0.1, 0.15) is 22.8 Å². The first-order chi connectivity index (χ1) is 16.3. The molecule has 0 saturated heterocycles. The van der Waals surface area contributed by atoms with Gasteiger partial charge in [0.05, 0.1) is 17.2 Å². The number of fused-ring (bicyclic) bond motifs is 3. The Morgan fingerprint density at radius 2 is 1.77 bits per heavy atom. The van der Waals surface area contributed by atoms with E-state index < -0.39 is 63.7 Å². The lowest BCUT2D eigenvalue weighted by atomic mass is 9.58. The molecule has 10 heteroatoms. The number of benzene rings is 1. The molecule has 0 amide bonds. The van der Waals surface area contributed by atoms with Crippen LogP contribution in [0.1, 0.15) is 39.6 Å². The zero-order valence-electron chi connectivity index (χ0n) is 20.1. The van der Waals surface area contributed by atoms with Crippen molar-refractivity contribution in [2.24, 2.45) is 11.8 Å². The quantitative estimate of drug-likeness (QED) is 0.361. The normalized spacial score (nSPS) is 28.0. The zero-order valence-corrected chi connectivity index (χ0v) is 20.1. The molecule has 186 valence electrons. The van der Waals surface area contributed by atoms with Crippen LogP contribution in [-0.2, 0) is 16.0 Å². The Morgan fingerprint density at radius 3 is 2.29 bits per heavy atom. The Morgan fingerprint density at radius 1 is 1.14 bits per heavy atom. The van der Waals surface area contributed by atoms with Gasteiger partial charge in [-0.3, -0.25) is 24.1 Å². The fourth-order valence-electron chi connectivity index (χ4n) is 5.91. The number of aliphatic hydroxyl groups is 3. The number of nitrogens with zero attached hydrogens (tertiary/aromatic N) is 2. The predicted molar refractivity (Wildman–Crippen MR) is 125 cm³/mol. The van der Waals surface area contributed by atoms with E-state index >= 15 is 0 Å². The van der Waals surface area contributed by atoms with E-state index in [0.29, 0.717) is 17.5 Å². The number of aldehydes is 1. The number of anilines is 1. The first kappa shape index (κ1) is 24.6. The van der Waals surface area contributed by atoms with E-state index in [4.69, 9.17) is 0 Å². The Hall–Kier alpha value is -3.50. The minimum Gasteiger partial charge on any atom is -0.510 e. The van der Waals surface area contributed by atoms with Crippen molar-refractivity contribution in [3.63, 3.8) is 0 Å². The number of carbonyl (C=O) groups excluding carboxylic acids is 4. The summed E-state index contributed by atoms with van der Waals surface area (Å²) in [4.78, 5) is 54.0. The van der Waals surface area contributed by atoms with Gasteiger partial charge in [-0.2, -0.15) is 0 Å². The van der Waals surface area contributed by atoms with Crippen LogP contribution in [0.15, 0.2) is 28.7 Å². The van der Waals surface area contributed by atoms with Gasteiger partial charge in [0.15, 0.2) is 23.5 Å². The van der Waals surface area contributed by atoms with E-state index in [2.05, 4.69) is 0 Å². The third-order valence-corrected chi connectivity index (χ3v) is 7.44. The number of carbonyl (C=O) groups is 4. The largest absolute Gasteiger partial charge is 0.510 e. The van der Waals surface area contributed by atoms with E-state index in [0.717, 1.165) is 6.92 Å². The van der Waals surface area contributed by atoms with Crippen LogP contribution >= 0.6 is 0 Å². The van der Waals surface area contributed by atoms with Crippen LogP contribution in [0.3, 0.4) is 0 Å². The van der Waals surface area contributed by atoms with Crippen LogP contribution in [0.5, 0.6) is 5.75 Å². The molecule has 3 aliphatic rings. The second kappa shape index (κ2) is 8.03. The van der Waals surface area contributed by atoms with Crippen LogP contribution in [0.25, 0.3) is 0 Å². The fraction of sp³-hybridized carbons (Fsp3) is 0.440. The summed E-state index contributed by atoms with van der Waals surface area (Å²) in [6.45, 7) is 1.07. The van der Waals surface area contributed by atoms with Crippen molar-refractivity contribution in [3.05, 3.63) is 45.4 Å². The maximum Gasteiger partial charge on any atom is 0.209 e. The molecule has 4 atom stereocenters. The molecule has 0 spiro atoms.